The summed E-state index contributed by atoms with van der Waals surface area (Å²) in [4.78, 5) is 42.2. The molecule has 0 aliphatic carbocycles. The zero-order valence-electron chi connectivity index (χ0n) is 20.7. The molecule has 0 radical (unpaired) electrons. The van der Waals surface area contributed by atoms with Crippen molar-refractivity contribution in [2.24, 2.45) is 10.7 Å². The number of benzene rings is 2. The van der Waals surface area contributed by atoms with E-state index in [4.69, 9.17) is 5.73 Å². The molecule has 0 saturated carbocycles. The molecule has 10 nitrogen and oxygen atoms in total. The molecule has 4 N–H and O–H groups in total. The Morgan fingerprint density at radius 2 is 1.97 bits per heavy atom. The number of amides is 3. The van der Waals surface area contributed by atoms with E-state index in [1.165, 1.54) is 17.2 Å². The molecule has 0 unspecified atom stereocenters. The fourth-order valence-corrected chi connectivity index (χ4v) is 3.84. The number of rotatable bonds is 8. The third-order valence-electron chi connectivity index (χ3n) is 5.79. The number of urea groups is 1. The Hall–Kier alpha value is -4.99. The van der Waals surface area contributed by atoms with Crippen molar-refractivity contribution in [1.29, 1.82) is 0 Å². The van der Waals surface area contributed by atoms with Crippen molar-refractivity contribution < 1.29 is 9.59 Å². The normalized spacial score (nSPS) is 13.7. The van der Waals surface area contributed by atoms with Crippen molar-refractivity contribution in [3.63, 3.8) is 0 Å². The number of aliphatic imine (C=N–C) groups is 1. The topological polar surface area (TPSA) is 129 Å². The van der Waals surface area contributed by atoms with Gasteiger partial charge in [-0.25, -0.2) is 14.7 Å². The summed E-state index contributed by atoms with van der Waals surface area (Å²) in [5.41, 5.74) is 9.81. The molecule has 4 rings (SSSR count). The van der Waals surface area contributed by atoms with Crippen LogP contribution in [0.1, 0.15) is 18.1 Å². The Morgan fingerprint density at radius 1 is 1.19 bits per heavy atom. The number of aromatic nitrogens is 2. The monoisotopic (exact) mass is 496 g/mol. The maximum Gasteiger partial charge on any atom is 0.330 e. The van der Waals surface area contributed by atoms with Gasteiger partial charge in [0, 0.05) is 37.2 Å². The van der Waals surface area contributed by atoms with E-state index in [-0.39, 0.29) is 17.9 Å². The van der Waals surface area contributed by atoms with Crippen molar-refractivity contribution in [3.8, 4) is 0 Å². The van der Waals surface area contributed by atoms with Crippen molar-refractivity contribution in [1.82, 2.24) is 14.9 Å². The first-order valence-corrected chi connectivity index (χ1v) is 11.6. The van der Waals surface area contributed by atoms with E-state index in [1.54, 1.807) is 42.4 Å². The Morgan fingerprint density at radius 3 is 2.68 bits per heavy atom. The van der Waals surface area contributed by atoms with E-state index in [0.29, 0.717) is 41.7 Å². The van der Waals surface area contributed by atoms with Crippen LogP contribution < -0.4 is 21.3 Å². The lowest BCUT2D eigenvalue weighted by molar-refractivity contribution is -0.111. The number of fused-ring (bicyclic) bond motifs is 1. The molecule has 2 heterocycles. The summed E-state index contributed by atoms with van der Waals surface area (Å²) in [7, 11) is 1.66. The molecule has 1 aliphatic rings. The molecule has 10 heteroatoms. The number of carbonyl (C=O) groups is 2. The standard InChI is InChI=1S/C27H28N8O2/c1-4-24(36)31-21-11-8-12-22(13-21)35-25-20(15-30-26(33-25)32-23(14-28)18(2)29-3)17-34(27(35)37)16-19-9-6-5-7-10-19/h4-15H,1,16-17,28H2,2-3H3,(H,31,36)(H,30,32,33). The smallest absolute Gasteiger partial charge is 0.330 e. The second-order valence-corrected chi connectivity index (χ2v) is 8.26. The highest BCUT2D eigenvalue weighted by molar-refractivity contribution is 6.03. The lowest BCUT2D eigenvalue weighted by Gasteiger charge is -2.36. The van der Waals surface area contributed by atoms with E-state index in [0.717, 1.165) is 11.1 Å². The minimum atomic E-state index is -0.351. The van der Waals surface area contributed by atoms with Gasteiger partial charge in [-0.1, -0.05) is 43.0 Å². The summed E-state index contributed by atoms with van der Waals surface area (Å²) in [5, 5.41) is 5.81. The summed E-state index contributed by atoms with van der Waals surface area (Å²) in [6.07, 6.45) is 4.27. The molecule has 0 atom stereocenters. The number of allylic oxidation sites excluding steroid dienone is 1. The maximum absolute atomic E-state index is 13.8. The Bertz CT molecular complexity index is 1380. The first-order valence-electron chi connectivity index (χ1n) is 11.6. The quantitative estimate of drug-likeness (QED) is 0.317. The van der Waals surface area contributed by atoms with E-state index >= 15 is 0 Å². The highest BCUT2D eigenvalue weighted by Gasteiger charge is 2.33. The van der Waals surface area contributed by atoms with Gasteiger partial charge >= 0.3 is 6.03 Å². The zero-order chi connectivity index (χ0) is 26.4. The fraction of sp³-hybridized carbons (Fsp3) is 0.148. The highest BCUT2D eigenvalue weighted by Crippen LogP contribution is 2.35. The van der Waals surface area contributed by atoms with Crippen LogP contribution in [0, 0.1) is 0 Å². The lowest BCUT2D eigenvalue weighted by Crippen LogP contribution is -2.45. The molecule has 0 saturated heterocycles. The second kappa shape index (κ2) is 11.2. The second-order valence-electron chi connectivity index (χ2n) is 8.26. The van der Waals surface area contributed by atoms with Crippen molar-refractivity contribution in [2.45, 2.75) is 20.0 Å². The number of hydrogen-bond donors (Lipinski definition) is 3. The van der Waals surface area contributed by atoms with Crippen LogP contribution in [0.15, 0.2) is 90.3 Å². The Labute approximate surface area is 215 Å². The predicted molar refractivity (Wildman–Crippen MR) is 145 cm³/mol. The van der Waals surface area contributed by atoms with Gasteiger partial charge in [0.2, 0.25) is 11.9 Å². The van der Waals surface area contributed by atoms with E-state index in [9.17, 15) is 9.59 Å². The highest BCUT2D eigenvalue weighted by atomic mass is 16.2. The molecule has 3 amide bonds. The van der Waals surface area contributed by atoms with Crippen LogP contribution in [0.3, 0.4) is 0 Å². The van der Waals surface area contributed by atoms with Gasteiger partial charge in [-0.15, -0.1) is 0 Å². The lowest BCUT2D eigenvalue weighted by atomic mass is 10.1. The SMILES string of the molecule is C=CC(=O)Nc1cccc(N2C(=O)N(Cc3ccccc3)Cc3cnc(NC(=CN)C(C)=NC)nc32)c1. The number of anilines is 4. The predicted octanol–water partition coefficient (Wildman–Crippen LogP) is 4.18. The van der Waals surface area contributed by atoms with Crippen LogP contribution in [0.4, 0.5) is 27.9 Å². The van der Waals surface area contributed by atoms with Crippen LogP contribution in [0.5, 0.6) is 0 Å². The largest absolute Gasteiger partial charge is 0.403 e. The summed E-state index contributed by atoms with van der Waals surface area (Å²) in [5.74, 6) is 0.349. The van der Waals surface area contributed by atoms with Gasteiger partial charge in [-0.05, 0) is 36.8 Å². The Kier molecular flexibility index (Phi) is 7.58. The summed E-state index contributed by atoms with van der Waals surface area (Å²) in [6, 6.07) is 16.5. The number of hydrogen-bond acceptors (Lipinski definition) is 7. The van der Waals surface area contributed by atoms with Crippen LogP contribution >= 0.6 is 0 Å². The molecule has 37 heavy (non-hydrogen) atoms. The summed E-state index contributed by atoms with van der Waals surface area (Å²) >= 11 is 0. The molecule has 1 aliphatic heterocycles. The number of carbonyl (C=O) groups excluding carboxylic acids is 2. The van der Waals surface area contributed by atoms with Gasteiger partial charge < -0.3 is 21.3 Å². The van der Waals surface area contributed by atoms with E-state index < -0.39 is 0 Å². The van der Waals surface area contributed by atoms with Gasteiger partial charge in [0.1, 0.15) is 0 Å². The minimum Gasteiger partial charge on any atom is -0.403 e. The molecule has 0 spiro atoms. The van der Waals surface area contributed by atoms with Gasteiger partial charge in [0.15, 0.2) is 5.82 Å². The molecule has 0 fully saturated rings. The van der Waals surface area contributed by atoms with Crippen molar-refractivity contribution in [2.75, 3.05) is 22.6 Å². The number of nitrogens with zero attached hydrogens (tertiary/aromatic N) is 5. The van der Waals surface area contributed by atoms with Crippen LogP contribution in [-0.2, 0) is 17.9 Å². The molecule has 3 aromatic rings. The molecule has 1 aromatic heterocycles. The van der Waals surface area contributed by atoms with Gasteiger partial charge in [-0.3, -0.25) is 9.79 Å². The van der Waals surface area contributed by atoms with Crippen LogP contribution in [0.2, 0.25) is 0 Å². The van der Waals surface area contributed by atoms with E-state index in [2.05, 4.69) is 32.2 Å². The molecule has 188 valence electrons. The average molecular weight is 497 g/mol. The molecular formula is C27H28N8O2. The van der Waals surface area contributed by atoms with Gasteiger partial charge in [-0.2, -0.15) is 4.98 Å². The van der Waals surface area contributed by atoms with Gasteiger partial charge in [0.25, 0.3) is 0 Å². The van der Waals surface area contributed by atoms with Crippen molar-refractivity contribution in [3.05, 3.63) is 96.5 Å². The molecular weight excluding hydrogens is 468 g/mol. The maximum atomic E-state index is 13.8. The van der Waals surface area contributed by atoms with Crippen LogP contribution in [-0.4, -0.2) is 39.6 Å². The fourth-order valence-electron chi connectivity index (χ4n) is 3.84. The summed E-state index contributed by atoms with van der Waals surface area (Å²) < 4.78 is 0. The first-order chi connectivity index (χ1) is 17.9. The van der Waals surface area contributed by atoms with Gasteiger partial charge in [0.05, 0.1) is 23.6 Å². The Balaban J connectivity index is 1.76. The number of nitrogens with one attached hydrogen (secondary N) is 2. The third kappa shape index (κ3) is 5.64. The van der Waals surface area contributed by atoms with Crippen molar-refractivity contribution >= 4 is 40.8 Å². The molecule has 2 aromatic carbocycles. The average Bonchev–Trinajstić information content (AvgIpc) is 2.92. The minimum absolute atomic E-state index is 0.255. The summed E-state index contributed by atoms with van der Waals surface area (Å²) in [6.45, 7) is 6.05. The zero-order valence-corrected chi connectivity index (χ0v) is 20.7. The third-order valence-corrected chi connectivity index (χ3v) is 5.79. The molecule has 0 bridgehead atoms. The number of nitrogens with two attached hydrogens (primary N) is 1. The first kappa shape index (κ1) is 25.1. The van der Waals surface area contributed by atoms with E-state index in [1.807, 2.05) is 37.3 Å². The van der Waals surface area contributed by atoms with Crippen LogP contribution in [0.25, 0.3) is 0 Å².